The summed E-state index contributed by atoms with van der Waals surface area (Å²) in [6.45, 7) is 1.77. The minimum absolute atomic E-state index is 0.118. The van der Waals surface area contributed by atoms with E-state index in [2.05, 4.69) is 0 Å². The number of carbonyl (C=O) groups is 1. The van der Waals surface area contributed by atoms with E-state index in [0.29, 0.717) is 22.5 Å². The predicted molar refractivity (Wildman–Crippen MR) is 97.1 cm³/mol. The molecule has 0 fully saturated rings. The van der Waals surface area contributed by atoms with Crippen LogP contribution in [-0.4, -0.2) is 21.9 Å². The third-order valence-electron chi connectivity index (χ3n) is 4.10. The summed E-state index contributed by atoms with van der Waals surface area (Å²) in [5, 5.41) is 8.94. The molecule has 0 amide bonds. The molecule has 0 unspecified atom stereocenters. The van der Waals surface area contributed by atoms with E-state index in [1.165, 1.54) is 33.6 Å². The average Bonchev–Trinajstić information content (AvgIpc) is 2.93. The van der Waals surface area contributed by atoms with Crippen molar-refractivity contribution in [3.05, 3.63) is 75.8 Å². The number of rotatable bonds is 4. The van der Waals surface area contributed by atoms with Gasteiger partial charge >= 0.3 is 5.97 Å². The molecule has 1 heterocycles. The highest BCUT2D eigenvalue weighted by atomic mass is 19.1. The molecule has 0 radical (unpaired) electrons. The lowest BCUT2D eigenvalue weighted by molar-refractivity contribution is 0.0525. The maximum absolute atomic E-state index is 13.3. The molecule has 0 N–H and O–H groups in total. The van der Waals surface area contributed by atoms with Crippen molar-refractivity contribution in [1.29, 1.82) is 5.26 Å². The number of benzene rings is 2. The van der Waals surface area contributed by atoms with Crippen LogP contribution in [0.25, 0.3) is 16.9 Å². The molecule has 0 aliphatic heterocycles. The fraction of sp³-hybridized carbons (Fsp3) is 0.150. The van der Waals surface area contributed by atoms with E-state index in [4.69, 9.17) is 10.00 Å². The Bertz CT molecular complexity index is 1090. The Balaban J connectivity index is 2.28. The molecule has 27 heavy (non-hydrogen) atoms. The number of hydrogen-bond acceptors (Lipinski definition) is 4. The first-order valence-electron chi connectivity index (χ1n) is 8.23. The number of hydrogen-bond donors (Lipinski definition) is 0. The van der Waals surface area contributed by atoms with Crippen LogP contribution in [0.5, 0.6) is 0 Å². The highest BCUT2D eigenvalue weighted by Crippen LogP contribution is 2.24. The summed E-state index contributed by atoms with van der Waals surface area (Å²) in [7, 11) is 1.63. The third-order valence-corrected chi connectivity index (χ3v) is 4.10. The van der Waals surface area contributed by atoms with Gasteiger partial charge in [-0.15, -0.1) is 0 Å². The second-order valence-electron chi connectivity index (χ2n) is 5.75. The summed E-state index contributed by atoms with van der Waals surface area (Å²) in [5.74, 6) is -1.17. The van der Waals surface area contributed by atoms with Gasteiger partial charge in [0.25, 0.3) is 5.56 Å². The summed E-state index contributed by atoms with van der Waals surface area (Å²) in [6, 6.07) is 13.9. The van der Waals surface area contributed by atoms with Crippen LogP contribution in [0.2, 0.25) is 0 Å². The summed E-state index contributed by atoms with van der Waals surface area (Å²) in [4.78, 5) is 25.5. The second-order valence-corrected chi connectivity index (χ2v) is 5.75. The van der Waals surface area contributed by atoms with Gasteiger partial charge in [-0.05, 0) is 55.5 Å². The molecule has 0 saturated carbocycles. The molecule has 3 aromatic rings. The Morgan fingerprint density at radius 2 is 1.78 bits per heavy atom. The Labute approximate surface area is 154 Å². The molecule has 7 heteroatoms. The number of esters is 1. The number of nitrogens with zero attached hydrogens (tertiary/aromatic N) is 3. The molecule has 2 aromatic carbocycles. The van der Waals surface area contributed by atoms with Crippen molar-refractivity contribution >= 4 is 5.97 Å². The van der Waals surface area contributed by atoms with Crippen LogP contribution < -0.4 is 5.56 Å². The fourth-order valence-electron chi connectivity index (χ4n) is 2.90. The topological polar surface area (TPSA) is 77.0 Å². The van der Waals surface area contributed by atoms with Gasteiger partial charge in [0.05, 0.1) is 29.6 Å². The van der Waals surface area contributed by atoms with Crippen molar-refractivity contribution < 1.29 is 13.9 Å². The molecule has 6 nitrogen and oxygen atoms in total. The predicted octanol–water partition coefficient (Wildman–Crippen LogP) is 3.03. The van der Waals surface area contributed by atoms with Gasteiger partial charge in [0.1, 0.15) is 5.82 Å². The van der Waals surface area contributed by atoms with Gasteiger partial charge in [-0.2, -0.15) is 5.26 Å². The van der Waals surface area contributed by atoms with Crippen LogP contribution in [0.1, 0.15) is 22.8 Å². The number of carbonyl (C=O) groups excluding carboxylic acids is 1. The fourth-order valence-corrected chi connectivity index (χ4v) is 2.90. The van der Waals surface area contributed by atoms with Crippen LogP contribution in [-0.2, 0) is 11.8 Å². The Kier molecular flexibility index (Phi) is 4.90. The lowest BCUT2D eigenvalue weighted by atomic mass is 10.1. The minimum atomic E-state index is -0.746. The molecular formula is C20H16FN3O3. The monoisotopic (exact) mass is 365 g/mol. The summed E-state index contributed by atoms with van der Waals surface area (Å²) in [5.41, 5.74) is 1.08. The zero-order chi connectivity index (χ0) is 19.6. The summed E-state index contributed by atoms with van der Waals surface area (Å²) in [6.07, 6.45) is 0. The van der Waals surface area contributed by atoms with Gasteiger partial charge in [-0.1, -0.05) is 0 Å². The van der Waals surface area contributed by atoms with E-state index in [1.54, 1.807) is 38.2 Å². The first-order chi connectivity index (χ1) is 13.0. The first-order valence-corrected chi connectivity index (χ1v) is 8.23. The maximum atomic E-state index is 13.3. The van der Waals surface area contributed by atoms with Crippen LogP contribution in [0, 0.1) is 17.1 Å². The van der Waals surface area contributed by atoms with Crippen LogP contribution in [0.4, 0.5) is 4.39 Å². The van der Waals surface area contributed by atoms with Crippen molar-refractivity contribution in [3.8, 4) is 23.0 Å². The molecule has 136 valence electrons. The lowest BCUT2D eigenvalue weighted by Gasteiger charge is -2.10. The molecule has 3 rings (SSSR count). The van der Waals surface area contributed by atoms with E-state index in [9.17, 15) is 14.0 Å². The highest BCUT2D eigenvalue weighted by Gasteiger charge is 2.26. The van der Waals surface area contributed by atoms with Gasteiger partial charge < -0.3 is 4.74 Å². The first kappa shape index (κ1) is 18.1. The van der Waals surface area contributed by atoms with Gasteiger partial charge in [-0.25, -0.2) is 13.9 Å². The highest BCUT2D eigenvalue weighted by molar-refractivity contribution is 5.96. The summed E-state index contributed by atoms with van der Waals surface area (Å²) < 4.78 is 21.2. The van der Waals surface area contributed by atoms with Crippen molar-refractivity contribution in [3.63, 3.8) is 0 Å². The standard InChI is InChI=1S/C20H16FN3O3/c1-3-27-20(26)17-18(14-6-8-15(21)9-7-14)23(2)24(19(17)25)16-10-4-13(12-22)5-11-16/h4-11H,3H2,1-2H3. The van der Waals surface area contributed by atoms with Crippen LogP contribution in [0.3, 0.4) is 0 Å². The molecule has 0 spiro atoms. The zero-order valence-electron chi connectivity index (χ0n) is 14.8. The molecule has 0 bridgehead atoms. The van der Waals surface area contributed by atoms with E-state index in [0.717, 1.165) is 0 Å². The van der Waals surface area contributed by atoms with Crippen molar-refractivity contribution in [2.75, 3.05) is 6.61 Å². The zero-order valence-corrected chi connectivity index (χ0v) is 14.8. The number of aromatic nitrogens is 2. The van der Waals surface area contributed by atoms with E-state index in [1.807, 2.05) is 6.07 Å². The summed E-state index contributed by atoms with van der Waals surface area (Å²) >= 11 is 0. The minimum Gasteiger partial charge on any atom is -0.462 e. The Morgan fingerprint density at radius 1 is 1.15 bits per heavy atom. The van der Waals surface area contributed by atoms with Gasteiger partial charge in [0.2, 0.25) is 0 Å². The molecule has 0 atom stereocenters. The largest absolute Gasteiger partial charge is 0.462 e. The SMILES string of the molecule is CCOC(=O)c1c(-c2ccc(F)cc2)n(C)n(-c2ccc(C#N)cc2)c1=O. The lowest BCUT2D eigenvalue weighted by Crippen LogP contribution is -2.23. The molecule has 0 saturated heterocycles. The number of nitriles is 1. The van der Waals surface area contributed by atoms with E-state index < -0.39 is 17.3 Å². The smallest absolute Gasteiger partial charge is 0.346 e. The van der Waals surface area contributed by atoms with E-state index >= 15 is 0 Å². The number of ether oxygens (including phenoxy) is 1. The van der Waals surface area contributed by atoms with Gasteiger partial charge in [-0.3, -0.25) is 9.48 Å². The normalized spacial score (nSPS) is 10.4. The molecule has 0 aliphatic carbocycles. The van der Waals surface area contributed by atoms with Crippen molar-refractivity contribution in [1.82, 2.24) is 9.36 Å². The van der Waals surface area contributed by atoms with Crippen LogP contribution >= 0.6 is 0 Å². The van der Waals surface area contributed by atoms with Crippen molar-refractivity contribution in [2.24, 2.45) is 7.05 Å². The van der Waals surface area contributed by atoms with Gasteiger partial charge in [0.15, 0.2) is 5.56 Å². The van der Waals surface area contributed by atoms with Crippen LogP contribution in [0.15, 0.2) is 53.3 Å². The Hall–Kier alpha value is -3.66. The Morgan fingerprint density at radius 3 is 2.33 bits per heavy atom. The van der Waals surface area contributed by atoms with Crippen molar-refractivity contribution in [2.45, 2.75) is 6.92 Å². The number of halogens is 1. The molecule has 0 aliphatic rings. The quantitative estimate of drug-likeness (QED) is 0.666. The molecule has 1 aromatic heterocycles. The average molecular weight is 365 g/mol. The third kappa shape index (κ3) is 3.25. The van der Waals surface area contributed by atoms with E-state index in [-0.39, 0.29) is 12.2 Å². The second kappa shape index (κ2) is 7.30. The van der Waals surface area contributed by atoms with Gasteiger partial charge in [0, 0.05) is 12.6 Å². The maximum Gasteiger partial charge on any atom is 0.346 e. The molecular weight excluding hydrogens is 349 g/mol.